The number of nitrogens with zero attached hydrogens (tertiary/aromatic N) is 4. The predicted molar refractivity (Wildman–Crippen MR) is 115 cm³/mol. The van der Waals surface area contributed by atoms with E-state index in [-0.39, 0.29) is 29.1 Å². The lowest BCUT2D eigenvalue weighted by atomic mass is 9.95. The van der Waals surface area contributed by atoms with E-state index in [9.17, 15) is 9.59 Å². The van der Waals surface area contributed by atoms with Crippen LogP contribution in [0.4, 0.5) is 0 Å². The van der Waals surface area contributed by atoms with Crippen molar-refractivity contribution in [3.05, 3.63) is 41.7 Å². The molecule has 1 aliphatic heterocycles. The number of methoxy groups -OCH3 is 2. The predicted octanol–water partition coefficient (Wildman–Crippen LogP) is 2.05. The molecule has 3 rings (SSSR count). The van der Waals surface area contributed by atoms with E-state index in [4.69, 9.17) is 9.47 Å². The summed E-state index contributed by atoms with van der Waals surface area (Å²) in [7, 11) is 2.94. The van der Waals surface area contributed by atoms with Crippen molar-refractivity contribution in [2.75, 3.05) is 27.3 Å². The van der Waals surface area contributed by atoms with Crippen LogP contribution in [0, 0.1) is 5.41 Å². The van der Waals surface area contributed by atoms with E-state index < -0.39 is 5.97 Å². The number of carbonyl (C=O) groups is 2. The third-order valence-corrected chi connectivity index (χ3v) is 5.27. The van der Waals surface area contributed by atoms with Gasteiger partial charge in [0.05, 0.1) is 32.5 Å². The summed E-state index contributed by atoms with van der Waals surface area (Å²) in [5, 5.41) is 11.1. The minimum absolute atomic E-state index is 0.0177. The van der Waals surface area contributed by atoms with Gasteiger partial charge in [0.2, 0.25) is 5.91 Å². The van der Waals surface area contributed by atoms with Crippen LogP contribution in [0.2, 0.25) is 0 Å². The van der Waals surface area contributed by atoms with E-state index in [0.717, 1.165) is 17.9 Å². The zero-order valence-corrected chi connectivity index (χ0v) is 18.8. The van der Waals surface area contributed by atoms with E-state index in [1.54, 1.807) is 18.0 Å². The maximum absolute atomic E-state index is 13.1. The number of hydrogen-bond acceptors (Lipinski definition) is 7. The number of aromatic nitrogens is 3. The molecule has 2 heterocycles. The van der Waals surface area contributed by atoms with Gasteiger partial charge >= 0.3 is 5.97 Å². The number of rotatable bonds is 7. The minimum Gasteiger partial charge on any atom is -0.497 e. The van der Waals surface area contributed by atoms with E-state index in [0.29, 0.717) is 19.5 Å². The second-order valence-electron chi connectivity index (χ2n) is 9.04. The molecule has 2 aromatic rings. The Balaban J connectivity index is 1.69. The number of ether oxygens (including phenoxy) is 2. The monoisotopic (exact) mass is 429 g/mol. The van der Waals surface area contributed by atoms with Gasteiger partial charge in [0.1, 0.15) is 5.75 Å². The Kier molecular flexibility index (Phi) is 6.94. The molecule has 0 spiro atoms. The van der Waals surface area contributed by atoms with Gasteiger partial charge in [-0.2, -0.15) is 0 Å². The summed E-state index contributed by atoms with van der Waals surface area (Å²) < 4.78 is 11.6. The first-order valence-electron chi connectivity index (χ1n) is 10.3. The molecule has 0 saturated carbocycles. The highest BCUT2D eigenvalue weighted by atomic mass is 16.5. The molecule has 168 valence electrons. The summed E-state index contributed by atoms with van der Waals surface area (Å²) in [5.74, 6) is 0.240. The van der Waals surface area contributed by atoms with E-state index in [1.807, 2.05) is 24.3 Å². The molecule has 1 aromatic heterocycles. The van der Waals surface area contributed by atoms with Gasteiger partial charge in [-0.25, -0.2) is 9.48 Å². The molecule has 1 saturated heterocycles. The largest absolute Gasteiger partial charge is 0.497 e. The standard InChI is InChI=1S/C22H31N5O4/c1-22(2,3)14-26-12-16(27-13-18(24-25-27)21(29)31-5)10-19(26)20(28)23-11-15-6-8-17(30-4)9-7-15/h6-9,13,16,19H,10-12,14H2,1-5H3,(H,23,28)/t16-,19-/m0/s1. The quantitative estimate of drug-likeness (QED) is 0.673. The summed E-state index contributed by atoms with van der Waals surface area (Å²) in [6, 6.07) is 7.30. The van der Waals surface area contributed by atoms with Gasteiger partial charge in [0.25, 0.3) is 0 Å². The normalized spacial score (nSPS) is 19.3. The topological polar surface area (TPSA) is 98.6 Å². The number of nitrogens with one attached hydrogen (secondary N) is 1. The smallest absolute Gasteiger partial charge is 0.360 e. The summed E-state index contributed by atoms with van der Waals surface area (Å²) in [6.07, 6.45) is 2.18. The molecule has 1 N–H and O–H groups in total. The number of hydrogen-bond donors (Lipinski definition) is 1. The van der Waals surface area contributed by atoms with Crippen LogP contribution in [0.25, 0.3) is 0 Å². The third-order valence-electron chi connectivity index (χ3n) is 5.27. The second-order valence-corrected chi connectivity index (χ2v) is 9.04. The molecule has 9 nitrogen and oxygen atoms in total. The fraction of sp³-hybridized carbons (Fsp3) is 0.545. The van der Waals surface area contributed by atoms with Crippen LogP contribution in [0.3, 0.4) is 0 Å². The summed E-state index contributed by atoms with van der Waals surface area (Å²) in [5.41, 5.74) is 1.20. The Bertz CT molecular complexity index is 903. The van der Waals surface area contributed by atoms with Gasteiger partial charge in [0.15, 0.2) is 5.69 Å². The van der Waals surface area contributed by atoms with Crippen LogP contribution in [-0.4, -0.2) is 65.1 Å². The van der Waals surface area contributed by atoms with Crippen LogP contribution in [0.5, 0.6) is 5.75 Å². The first kappa shape index (κ1) is 22.7. The Morgan fingerprint density at radius 3 is 2.52 bits per heavy atom. The fourth-order valence-corrected chi connectivity index (χ4v) is 3.83. The van der Waals surface area contributed by atoms with Crippen molar-refractivity contribution in [3.8, 4) is 5.75 Å². The lowest BCUT2D eigenvalue weighted by molar-refractivity contribution is -0.126. The third kappa shape index (κ3) is 5.81. The van der Waals surface area contributed by atoms with Crippen molar-refractivity contribution in [2.24, 2.45) is 5.41 Å². The molecule has 0 bridgehead atoms. The molecule has 2 atom stereocenters. The first-order chi connectivity index (χ1) is 14.7. The molecule has 0 aliphatic carbocycles. The van der Waals surface area contributed by atoms with Crippen molar-refractivity contribution in [1.29, 1.82) is 0 Å². The molecule has 9 heteroatoms. The van der Waals surface area contributed by atoms with E-state index in [1.165, 1.54) is 7.11 Å². The highest BCUT2D eigenvalue weighted by Gasteiger charge is 2.39. The van der Waals surface area contributed by atoms with Crippen LogP contribution >= 0.6 is 0 Å². The lowest BCUT2D eigenvalue weighted by Crippen LogP contribution is -2.45. The molecule has 31 heavy (non-hydrogen) atoms. The lowest BCUT2D eigenvalue weighted by Gasteiger charge is -2.30. The summed E-state index contributed by atoms with van der Waals surface area (Å²) in [6.45, 7) is 8.32. The molecule has 1 fully saturated rings. The summed E-state index contributed by atoms with van der Waals surface area (Å²) in [4.78, 5) is 27.0. The van der Waals surface area contributed by atoms with Gasteiger partial charge < -0.3 is 14.8 Å². The van der Waals surface area contributed by atoms with Gasteiger partial charge in [-0.1, -0.05) is 38.1 Å². The zero-order chi connectivity index (χ0) is 22.6. The number of benzene rings is 1. The Labute approximate surface area is 182 Å². The van der Waals surface area contributed by atoms with Crippen LogP contribution in [0.1, 0.15) is 49.3 Å². The molecule has 1 amide bonds. The fourth-order valence-electron chi connectivity index (χ4n) is 3.83. The average Bonchev–Trinajstić information content (AvgIpc) is 3.38. The molecule has 1 aromatic carbocycles. The first-order valence-corrected chi connectivity index (χ1v) is 10.3. The number of esters is 1. The Morgan fingerprint density at radius 2 is 1.90 bits per heavy atom. The van der Waals surface area contributed by atoms with Crippen LogP contribution < -0.4 is 10.1 Å². The Morgan fingerprint density at radius 1 is 1.19 bits per heavy atom. The minimum atomic E-state index is -0.524. The highest BCUT2D eigenvalue weighted by molar-refractivity contribution is 5.86. The van der Waals surface area contributed by atoms with Crippen LogP contribution in [0.15, 0.2) is 30.5 Å². The van der Waals surface area contributed by atoms with Gasteiger partial charge in [-0.15, -0.1) is 5.10 Å². The second kappa shape index (κ2) is 9.47. The average molecular weight is 430 g/mol. The number of carbonyl (C=O) groups excluding carboxylic acids is 2. The zero-order valence-electron chi connectivity index (χ0n) is 18.8. The maximum atomic E-state index is 13.1. The van der Waals surface area contributed by atoms with Crippen molar-refractivity contribution >= 4 is 11.9 Å². The Hall–Kier alpha value is -2.94. The van der Waals surface area contributed by atoms with Gasteiger partial charge in [0, 0.05) is 19.6 Å². The van der Waals surface area contributed by atoms with Crippen molar-refractivity contribution in [3.63, 3.8) is 0 Å². The SMILES string of the molecule is COC(=O)c1cn([C@H]2C[C@@H](C(=O)NCc3ccc(OC)cc3)N(CC(C)(C)C)C2)nn1. The molecule has 1 aliphatic rings. The van der Waals surface area contributed by atoms with Gasteiger partial charge in [-0.05, 0) is 29.5 Å². The summed E-state index contributed by atoms with van der Waals surface area (Å²) >= 11 is 0. The number of likely N-dealkylation sites (tertiary alicyclic amines) is 1. The van der Waals surface area contributed by atoms with E-state index in [2.05, 4.69) is 41.3 Å². The molecular formula is C22H31N5O4. The van der Waals surface area contributed by atoms with Crippen molar-refractivity contribution in [1.82, 2.24) is 25.2 Å². The number of amides is 1. The molecule has 0 radical (unpaired) electrons. The van der Waals surface area contributed by atoms with Crippen molar-refractivity contribution < 1.29 is 19.1 Å². The van der Waals surface area contributed by atoms with Crippen LogP contribution in [-0.2, 0) is 16.1 Å². The highest BCUT2D eigenvalue weighted by Crippen LogP contribution is 2.30. The maximum Gasteiger partial charge on any atom is 0.360 e. The van der Waals surface area contributed by atoms with Crippen molar-refractivity contribution in [2.45, 2.75) is 45.8 Å². The van der Waals surface area contributed by atoms with Gasteiger partial charge in [-0.3, -0.25) is 9.69 Å². The molecular weight excluding hydrogens is 398 g/mol. The molecule has 0 unspecified atom stereocenters. The van der Waals surface area contributed by atoms with E-state index >= 15 is 0 Å².